The van der Waals surface area contributed by atoms with Gasteiger partial charge in [0.15, 0.2) is 23.0 Å². The summed E-state index contributed by atoms with van der Waals surface area (Å²) in [5.41, 5.74) is -6.70. The van der Waals surface area contributed by atoms with Crippen molar-refractivity contribution in [2.75, 3.05) is 6.61 Å². The van der Waals surface area contributed by atoms with Crippen molar-refractivity contribution >= 4 is 17.3 Å². The number of carbonyl (C=O) groups excluding carboxylic acids is 3. The smallest absolute Gasteiger partial charge is 0.219 e. The highest BCUT2D eigenvalue weighted by atomic mass is 16.4. The molecule has 0 amide bonds. The van der Waals surface area contributed by atoms with Crippen molar-refractivity contribution in [3.63, 3.8) is 0 Å². The molecule has 0 aromatic rings. The number of rotatable bonds is 8. The minimum atomic E-state index is -3.39. The molecule has 6 N–H and O–H groups in total. The van der Waals surface area contributed by atoms with Gasteiger partial charge in [0.25, 0.3) is 0 Å². The molecule has 0 radical (unpaired) electrons. The minimum Gasteiger partial charge on any atom is -0.394 e. The van der Waals surface area contributed by atoms with Crippen molar-refractivity contribution in [2.24, 2.45) is 0 Å². The first kappa shape index (κ1) is 19.8. The third kappa shape index (κ3) is 3.03. The van der Waals surface area contributed by atoms with Crippen LogP contribution in [0.1, 0.15) is 20.8 Å². The fourth-order valence-electron chi connectivity index (χ4n) is 2.03. The van der Waals surface area contributed by atoms with Crippen LogP contribution in [0.5, 0.6) is 0 Å². The molecule has 4 unspecified atom stereocenters. The van der Waals surface area contributed by atoms with Crippen LogP contribution in [0.4, 0.5) is 0 Å². The van der Waals surface area contributed by atoms with Crippen LogP contribution < -0.4 is 0 Å². The van der Waals surface area contributed by atoms with Gasteiger partial charge < -0.3 is 30.6 Å². The van der Waals surface area contributed by atoms with Crippen LogP contribution in [0.25, 0.3) is 0 Å². The highest BCUT2D eigenvalue weighted by molar-refractivity contribution is 6.14. The van der Waals surface area contributed by atoms with Crippen molar-refractivity contribution in [3.8, 4) is 0 Å². The molecule has 9 heteroatoms. The third-order valence-corrected chi connectivity index (χ3v) is 3.44. The van der Waals surface area contributed by atoms with E-state index in [9.17, 15) is 39.9 Å². The van der Waals surface area contributed by atoms with E-state index in [0.717, 1.165) is 0 Å². The molecule has 0 saturated carbocycles. The Balaban J connectivity index is 6.12. The molecule has 0 aliphatic carbocycles. The Bertz CT molecular complexity index is 418. The second-order valence-corrected chi connectivity index (χ2v) is 4.83. The monoisotopic (exact) mass is 308 g/mol. The van der Waals surface area contributed by atoms with Gasteiger partial charge in [0, 0.05) is 0 Å². The van der Waals surface area contributed by atoms with E-state index in [1.165, 1.54) is 0 Å². The predicted octanol–water partition coefficient (Wildman–Crippen LogP) is -3.71. The number of carbonyl (C=O) groups is 3. The van der Waals surface area contributed by atoms with E-state index in [2.05, 4.69) is 0 Å². The Labute approximate surface area is 120 Å². The lowest BCUT2D eigenvalue weighted by molar-refractivity contribution is -0.222. The summed E-state index contributed by atoms with van der Waals surface area (Å²) in [4.78, 5) is 34.7. The van der Waals surface area contributed by atoms with E-state index >= 15 is 0 Å². The van der Waals surface area contributed by atoms with Crippen molar-refractivity contribution in [1.82, 2.24) is 0 Å². The number of aliphatic hydroxyl groups excluding tert-OH is 4. The van der Waals surface area contributed by atoms with E-state index in [1.54, 1.807) is 0 Å². The minimum absolute atomic E-state index is 0.679. The van der Waals surface area contributed by atoms with Crippen LogP contribution in [0, 0.1) is 0 Å². The van der Waals surface area contributed by atoms with Crippen LogP contribution in [-0.2, 0) is 14.4 Å². The number of Topliss-reactive ketones (excluding diaryl/α,β-unsaturated/α-hetero) is 3. The maximum Gasteiger partial charge on any atom is 0.219 e. The van der Waals surface area contributed by atoms with Gasteiger partial charge in [-0.1, -0.05) is 0 Å². The molecule has 0 spiro atoms. The second-order valence-electron chi connectivity index (χ2n) is 4.83. The highest BCUT2D eigenvalue weighted by Crippen LogP contribution is 2.32. The summed E-state index contributed by atoms with van der Waals surface area (Å²) in [5, 5.41) is 57.9. The first-order valence-electron chi connectivity index (χ1n) is 6.01. The Morgan fingerprint density at radius 3 is 1.52 bits per heavy atom. The summed E-state index contributed by atoms with van der Waals surface area (Å²) in [6, 6.07) is 0. The van der Waals surface area contributed by atoms with E-state index < -0.39 is 53.5 Å². The Morgan fingerprint density at radius 2 is 1.29 bits per heavy atom. The molecule has 0 aliphatic heterocycles. The molecular formula is C12H20O9. The summed E-state index contributed by atoms with van der Waals surface area (Å²) < 4.78 is 0. The molecule has 0 heterocycles. The molecule has 0 bridgehead atoms. The van der Waals surface area contributed by atoms with Gasteiger partial charge in [-0.3, -0.25) is 14.4 Å². The normalized spacial score (nSPS) is 19.3. The quantitative estimate of drug-likeness (QED) is 0.247. The van der Waals surface area contributed by atoms with Gasteiger partial charge in [0.2, 0.25) is 5.60 Å². The van der Waals surface area contributed by atoms with Crippen LogP contribution >= 0.6 is 0 Å². The highest BCUT2D eigenvalue weighted by Gasteiger charge is 2.65. The van der Waals surface area contributed by atoms with Crippen LogP contribution in [0.3, 0.4) is 0 Å². The molecule has 4 atom stereocenters. The second kappa shape index (κ2) is 6.69. The van der Waals surface area contributed by atoms with Crippen molar-refractivity contribution in [3.05, 3.63) is 0 Å². The molecular weight excluding hydrogens is 288 g/mol. The van der Waals surface area contributed by atoms with Gasteiger partial charge in [0.1, 0.15) is 18.3 Å². The van der Waals surface area contributed by atoms with Gasteiger partial charge in [-0.2, -0.15) is 0 Å². The molecule has 122 valence electrons. The van der Waals surface area contributed by atoms with Crippen molar-refractivity contribution < 1.29 is 45.0 Å². The third-order valence-electron chi connectivity index (χ3n) is 3.44. The van der Waals surface area contributed by atoms with E-state index in [-0.39, 0.29) is 0 Å². The fourth-order valence-corrected chi connectivity index (χ4v) is 2.03. The van der Waals surface area contributed by atoms with Gasteiger partial charge in [-0.05, 0) is 20.8 Å². The lowest BCUT2D eigenvalue weighted by atomic mass is 9.69. The molecule has 0 saturated heterocycles. The summed E-state index contributed by atoms with van der Waals surface area (Å²) in [7, 11) is 0. The molecule has 0 aromatic carbocycles. The summed E-state index contributed by atoms with van der Waals surface area (Å²) in [6.45, 7) is 1.05. The lowest BCUT2D eigenvalue weighted by Gasteiger charge is -2.43. The van der Waals surface area contributed by atoms with E-state index in [1.807, 2.05) is 0 Å². The first-order chi connectivity index (χ1) is 9.38. The molecule has 0 aromatic heterocycles. The van der Waals surface area contributed by atoms with Gasteiger partial charge >= 0.3 is 0 Å². The standard InChI is InChI=1S/C12H20O9/c1-5(14)11(20,6(2)15)12(21,7(3)16)10(19)9(18)8(17)4-13/h8-10,13,17-21H,4H2,1-3H3. The van der Waals surface area contributed by atoms with Gasteiger partial charge in [-0.25, -0.2) is 0 Å². The topological polar surface area (TPSA) is 173 Å². The number of hydrogen-bond acceptors (Lipinski definition) is 9. The van der Waals surface area contributed by atoms with E-state index in [0.29, 0.717) is 20.8 Å². The van der Waals surface area contributed by atoms with Crippen LogP contribution in [-0.4, -0.2) is 84.1 Å². The van der Waals surface area contributed by atoms with Crippen LogP contribution in [0.15, 0.2) is 0 Å². The number of aliphatic hydroxyl groups is 6. The predicted molar refractivity (Wildman–Crippen MR) is 67.0 cm³/mol. The Kier molecular flexibility index (Phi) is 6.30. The maximum atomic E-state index is 11.6. The fraction of sp³-hybridized carbons (Fsp3) is 0.750. The SMILES string of the molecule is CC(=O)C(O)(C(C)=O)C(O)(C(C)=O)C(O)C(O)C(O)CO. The zero-order valence-corrected chi connectivity index (χ0v) is 11.8. The van der Waals surface area contributed by atoms with Gasteiger partial charge in [0.05, 0.1) is 6.61 Å². The summed E-state index contributed by atoms with van der Waals surface area (Å²) in [5.74, 6) is -4.05. The first-order valence-corrected chi connectivity index (χ1v) is 6.01. The molecule has 0 aliphatic rings. The Morgan fingerprint density at radius 1 is 0.905 bits per heavy atom. The molecule has 21 heavy (non-hydrogen) atoms. The van der Waals surface area contributed by atoms with Gasteiger partial charge in [-0.15, -0.1) is 0 Å². The average Bonchev–Trinajstić information content (AvgIpc) is 2.41. The zero-order valence-electron chi connectivity index (χ0n) is 11.8. The largest absolute Gasteiger partial charge is 0.394 e. The van der Waals surface area contributed by atoms with Crippen molar-refractivity contribution in [2.45, 2.75) is 50.3 Å². The number of hydrogen-bond donors (Lipinski definition) is 6. The zero-order chi connectivity index (χ0) is 17.2. The number of ketones is 3. The van der Waals surface area contributed by atoms with E-state index in [4.69, 9.17) is 5.11 Å². The maximum absolute atomic E-state index is 11.6. The van der Waals surface area contributed by atoms with Crippen LogP contribution in [0.2, 0.25) is 0 Å². The Hall–Kier alpha value is -1.23. The molecule has 0 rings (SSSR count). The summed E-state index contributed by atoms with van der Waals surface area (Å²) >= 11 is 0. The molecule has 9 nitrogen and oxygen atoms in total. The molecule has 0 fully saturated rings. The average molecular weight is 308 g/mol. The van der Waals surface area contributed by atoms with Crippen molar-refractivity contribution in [1.29, 1.82) is 0 Å². The summed E-state index contributed by atoms with van der Waals surface area (Å²) in [6.07, 6.45) is -6.88. The lowest BCUT2D eigenvalue weighted by Crippen LogP contribution is -2.74.